The smallest absolute Gasteiger partial charge is 0.257 e. The minimum atomic E-state index is -0.221. The van der Waals surface area contributed by atoms with Crippen LogP contribution in [-0.2, 0) is 0 Å². The van der Waals surface area contributed by atoms with Gasteiger partial charge in [-0.05, 0) is 43.3 Å². The van der Waals surface area contributed by atoms with Crippen molar-refractivity contribution in [3.05, 3.63) is 84.1 Å². The minimum absolute atomic E-state index is 0.221. The molecule has 0 saturated carbocycles. The highest BCUT2D eigenvalue weighted by Crippen LogP contribution is 2.27. The van der Waals surface area contributed by atoms with Gasteiger partial charge in [0.05, 0.1) is 23.9 Å². The van der Waals surface area contributed by atoms with Crippen molar-refractivity contribution in [2.45, 2.75) is 6.92 Å². The average molecular weight is 369 g/mol. The number of carbonyl (C=O) groups excluding carboxylic acids is 1. The van der Waals surface area contributed by atoms with Gasteiger partial charge in [-0.25, -0.2) is 9.97 Å². The van der Waals surface area contributed by atoms with Crippen molar-refractivity contribution in [3.8, 4) is 17.0 Å². The number of para-hydroxylation sites is 1. The molecule has 0 unspecified atom stereocenters. The van der Waals surface area contributed by atoms with Crippen molar-refractivity contribution in [3.63, 3.8) is 0 Å². The van der Waals surface area contributed by atoms with E-state index in [1.54, 1.807) is 13.2 Å². The summed E-state index contributed by atoms with van der Waals surface area (Å²) in [6, 6.07) is 22.6. The van der Waals surface area contributed by atoms with E-state index in [9.17, 15) is 4.79 Å². The summed E-state index contributed by atoms with van der Waals surface area (Å²) in [5.41, 5.74) is 3.74. The van der Waals surface area contributed by atoms with Crippen LogP contribution in [0.5, 0.6) is 5.75 Å². The number of fused-ring (bicyclic) bond motifs is 1. The van der Waals surface area contributed by atoms with Gasteiger partial charge in [-0.15, -0.1) is 0 Å². The van der Waals surface area contributed by atoms with Gasteiger partial charge in [-0.3, -0.25) is 4.79 Å². The maximum absolute atomic E-state index is 13.0. The predicted molar refractivity (Wildman–Crippen MR) is 111 cm³/mol. The molecule has 0 fully saturated rings. The Hall–Kier alpha value is -3.73. The van der Waals surface area contributed by atoms with Crippen molar-refractivity contribution in [2.75, 3.05) is 12.4 Å². The monoisotopic (exact) mass is 369 g/mol. The number of nitrogens with zero attached hydrogens (tertiary/aromatic N) is 2. The number of amides is 1. The molecule has 5 nitrogen and oxygen atoms in total. The van der Waals surface area contributed by atoms with E-state index in [2.05, 4.69) is 10.3 Å². The van der Waals surface area contributed by atoms with Crippen LogP contribution in [0.25, 0.3) is 22.2 Å². The number of pyridine rings is 2. The van der Waals surface area contributed by atoms with Gasteiger partial charge in [0.15, 0.2) is 0 Å². The molecule has 0 saturated heterocycles. The molecule has 1 N–H and O–H groups in total. The molecule has 138 valence electrons. The highest BCUT2D eigenvalue weighted by Gasteiger charge is 2.15. The Kier molecular flexibility index (Phi) is 4.72. The Morgan fingerprint density at radius 3 is 2.57 bits per heavy atom. The van der Waals surface area contributed by atoms with Crippen LogP contribution in [0.2, 0.25) is 0 Å². The molecule has 0 atom stereocenters. The normalized spacial score (nSPS) is 10.6. The highest BCUT2D eigenvalue weighted by atomic mass is 16.5. The summed E-state index contributed by atoms with van der Waals surface area (Å²) in [5, 5.41) is 3.68. The lowest BCUT2D eigenvalue weighted by Gasteiger charge is -2.11. The molecule has 0 radical (unpaired) electrons. The molecule has 0 aliphatic carbocycles. The number of hydrogen-bond acceptors (Lipinski definition) is 4. The van der Waals surface area contributed by atoms with E-state index in [1.807, 2.05) is 73.7 Å². The predicted octanol–water partition coefficient (Wildman–Crippen LogP) is 4.87. The van der Waals surface area contributed by atoms with Crippen LogP contribution in [0, 0.1) is 6.92 Å². The zero-order chi connectivity index (χ0) is 19.5. The fourth-order valence-electron chi connectivity index (χ4n) is 3.09. The molecule has 4 rings (SSSR count). The summed E-state index contributed by atoms with van der Waals surface area (Å²) < 4.78 is 5.32. The fraction of sp³-hybridized carbons (Fsp3) is 0.0870. The number of nitrogens with one attached hydrogen (secondary N) is 1. The molecule has 0 aliphatic rings. The van der Waals surface area contributed by atoms with Gasteiger partial charge in [0.2, 0.25) is 0 Å². The van der Waals surface area contributed by atoms with Gasteiger partial charge < -0.3 is 10.1 Å². The van der Waals surface area contributed by atoms with Gasteiger partial charge in [-0.2, -0.15) is 0 Å². The summed E-state index contributed by atoms with van der Waals surface area (Å²) in [6.45, 7) is 1.89. The Balaban J connectivity index is 1.81. The van der Waals surface area contributed by atoms with E-state index in [1.165, 1.54) is 0 Å². The Bertz CT molecular complexity index is 1170. The standard InChI is InChI=1S/C23H19N3O2/c1-15-7-5-12-22(24-15)26-23(27)19-14-21(16-8-6-9-17(13-16)28-2)25-20-11-4-3-10-18(19)20/h3-14H,1-2H3,(H,24,26,27). The van der Waals surface area contributed by atoms with Gasteiger partial charge in [0.25, 0.3) is 5.91 Å². The van der Waals surface area contributed by atoms with Crippen molar-refractivity contribution in [2.24, 2.45) is 0 Å². The second-order valence-electron chi connectivity index (χ2n) is 6.42. The molecule has 0 aliphatic heterocycles. The topological polar surface area (TPSA) is 64.1 Å². The summed E-state index contributed by atoms with van der Waals surface area (Å²) in [7, 11) is 1.63. The van der Waals surface area contributed by atoms with Crippen molar-refractivity contribution in [1.29, 1.82) is 0 Å². The molecule has 2 heterocycles. The maximum Gasteiger partial charge on any atom is 0.257 e. The van der Waals surface area contributed by atoms with Crippen molar-refractivity contribution < 1.29 is 9.53 Å². The van der Waals surface area contributed by atoms with Crippen LogP contribution >= 0.6 is 0 Å². The number of hydrogen-bond donors (Lipinski definition) is 1. The van der Waals surface area contributed by atoms with Crippen LogP contribution in [0.1, 0.15) is 16.1 Å². The number of rotatable bonds is 4. The van der Waals surface area contributed by atoms with Gasteiger partial charge >= 0.3 is 0 Å². The molecule has 5 heteroatoms. The van der Waals surface area contributed by atoms with Gasteiger partial charge in [0, 0.05) is 16.6 Å². The Labute approximate surface area is 163 Å². The third-order valence-corrected chi connectivity index (χ3v) is 4.46. The van der Waals surface area contributed by atoms with Crippen molar-refractivity contribution >= 4 is 22.6 Å². The van der Waals surface area contributed by atoms with Gasteiger partial charge in [-0.1, -0.05) is 36.4 Å². The van der Waals surface area contributed by atoms with Crippen LogP contribution in [0.4, 0.5) is 5.82 Å². The van der Waals surface area contributed by atoms with Gasteiger partial charge in [0.1, 0.15) is 11.6 Å². The molecular formula is C23H19N3O2. The number of aromatic nitrogens is 2. The molecule has 4 aromatic rings. The van der Waals surface area contributed by atoms with Crippen LogP contribution in [-0.4, -0.2) is 23.0 Å². The zero-order valence-electron chi connectivity index (χ0n) is 15.6. The number of ether oxygens (including phenoxy) is 1. The fourth-order valence-corrected chi connectivity index (χ4v) is 3.09. The number of aryl methyl sites for hydroxylation is 1. The quantitative estimate of drug-likeness (QED) is 0.558. The molecule has 28 heavy (non-hydrogen) atoms. The second kappa shape index (κ2) is 7.48. The second-order valence-corrected chi connectivity index (χ2v) is 6.42. The largest absolute Gasteiger partial charge is 0.497 e. The third kappa shape index (κ3) is 3.55. The number of benzene rings is 2. The third-order valence-electron chi connectivity index (χ3n) is 4.46. The van der Waals surface area contributed by atoms with E-state index < -0.39 is 0 Å². The molecule has 0 bridgehead atoms. The SMILES string of the molecule is COc1cccc(-c2cc(C(=O)Nc3cccc(C)n3)c3ccccc3n2)c1. The van der Waals surface area contributed by atoms with Crippen LogP contribution in [0.15, 0.2) is 72.8 Å². The average Bonchev–Trinajstić information content (AvgIpc) is 2.73. The first kappa shape index (κ1) is 17.7. The zero-order valence-corrected chi connectivity index (χ0v) is 15.6. The summed E-state index contributed by atoms with van der Waals surface area (Å²) in [4.78, 5) is 22.1. The Morgan fingerprint density at radius 1 is 0.929 bits per heavy atom. The molecule has 2 aromatic carbocycles. The first-order valence-corrected chi connectivity index (χ1v) is 8.93. The first-order chi connectivity index (χ1) is 13.6. The first-order valence-electron chi connectivity index (χ1n) is 8.93. The van der Waals surface area contributed by atoms with E-state index in [-0.39, 0.29) is 5.91 Å². The number of methoxy groups -OCH3 is 1. The van der Waals surface area contributed by atoms with E-state index in [0.717, 1.165) is 27.9 Å². The number of anilines is 1. The minimum Gasteiger partial charge on any atom is -0.497 e. The summed E-state index contributed by atoms with van der Waals surface area (Å²) >= 11 is 0. The molecular weight excluding hydrogens is 350 g/mol. The summed E-state index contributed by atoms with van der Waals surface area (Å²) in [6.07, 6.45) is 0. The highest BCUT2D eigenvalue weighted by molar-refractivity contribution is 6.12. The summed E-state index contributed by atoms with van der Waals surface area (Å²) in [5.74, 6) is 1.04. The van der Waals surface area contributed by atoms with E-state index in [4.69, 9.17) is 9.72 Å². The van der Waals surface area contributed by atoms with Crippen molar-refractivity contribution in [1.82, 2.24) is 9.97 Å². The maximum atomic E-state index is 13.0. The van der Waals surface area contributed by atoms with E-state index >= 15 is 0 Å². The Morgan fingerprint density at radius 2 is 1.75 bits per heavy atom. The molecule has 0 spiro atoms. The van der Waals surface area contributed by atoms with Crippen LogP contribution < -0.4 is 10.1 Å². The van der Waals surface area contributed by atoms with Crippen LogP contribution in [0.3, 0.4) is 0 Å². The number of carbonyl (C=O) groups is 1. The lowest BCUT2D eigenvalue weighted by atomic mass is 10.0. The van der Waals surface area contributed by atoms with E-state index in [0.29, 0.717) is 17.1 Å². The lowest BCUT2D eigenvalue weighted by molar-refractivity contribution is 0.102. The molecule has 1 amide bonds. The lowest BCUT2D eigenvalue weighted by Crippen LogP contribution is -2.14. The molecule has 2 aromatic heterocycles.